The molecule has 22 nitrogen and oxygen atoms in total. The van der Waals surface area contributed by atoms with Gasteiger partial charge in [0.05, 0.1) is 140 Å². The molecule has 0 aliphatic heterocycles. The van der Waals surface area contributed by atoms with Crippen LogP contribution >= 0.6 is 0 Å². The minimum absolute atomic E-state index is 0.0600. The normalized spacial score (nSPS) is 13.9. The minimum Gasteiger partial charge on any atom is -0.748 e. The summed E-state index contributed by atoms with van der Waals surface area (Å²) in [5.41, 5.74) is -5.44. The zero-order chi connectivity index (χ0) is 48.9. The Bertz CT molecular complexity index is 1380. The lowest BCUT2D eigenvalue weighted by atomic mass is 10.0. The number of hydrogen-bond acceptors (Lipinski definition) is 20. The van der Waals surface area contributed by atoms with E-state index in [0.717, 1.165) is 90.1 Å². The van der Waals surface area contributed by atoms with Crippen LogP contribution in [-0.4, -0.2) is 222 Å². The summed E-state index contributed by atoms with van der Waals surface area (Å²) >= 11 is 0. The Balaban J connectivity index is 7.26. The summed E-state index contributed by atoms with van der Waals surface area (Å²) in [6, 6.07) is -0.0600. The third-order valence-corrected chi connectivity index (χ3v) is 16.2. The second kappa shape index (κ2) is 32.3. The minimum atomic E-state index is -4.73. The highest BCUT2D eigenvalue weighted by Gasteiger charge is 2.48. The Morgan fingerprint density at radius 1 is 0.500 bits per heavy atom. The van der Waals surface area contributed by atoms with E-state index in [1.807, 2.05) is 0 Å². The number of aliphatic hydroxyl groups excluding tert-OH is 6. The molecule has 0 atom stereocenters. The summed E-state index contributed by atoms with van der Waals surface area (Å²) in [5.74, 6) is -2.63. The third-order valence-electron chi connectivity index (χ3n) is 11.4. The molecule has 0 saturated carbocycles. The quantitative estimate of drug-likeness (QED) is 0.0143. The van der Waals surface area contributed by atoms with Crippen molar-refractivity contribution in [2.24, 2.45) is 0 Å². The van der Waals surface area contributed by atoms with Gasteiger partial charge in [-0.25, -0.2) is 16.8 Å². The summed E-state index contributed by atoms with van der Waals surface area (Å²) in [4.78, 5) is 0. The van der Waals surface area contributed by atoms with E-state index in [9.17, 15) is 69.6 Å². The molecule has 0 radical (unpaired) electrons. The van der Waals surface area contributed by atoms with Crippen molar-refractivity contribution in [2.45, 2.75) is 120 Å². The first-order valence-electron chi connectivity index (χ1n) is 22.4. The second-order valence-corrected chi connectivity index (χ2v) is 24.7. The fourth-order valence-electron chi connectivity index (χ4n) is 6.89. The highest BCUT2D eigenvalue weighted by molar-refractivity contribution is 7.86. The van der Waals surface area contributed by atoms with E-state index in [2.05, 4.69) is 36.8 Å². The standard InChI is InChI=1S/C38H84N4O18S3Si/c1-4-6-8-10-12-14-20-42(3,21-15-13-11-9-7-5-2)22-16-26-64(58-33-36(27-43,28-44)39-17-23-61(49,50)51,59-34-37(29-45,30-46)40-18-24-62(52,53)54)60-35-38(31-47,32-48)41-19-25-63(55,56)57/h39-41,43-48H,4-35H2,1-3H3,(H2-,49,50,51,52,53,54,55,56,57)/p-1. The first kappa shape index (κ1) is 63.4. The monoisotopic (exact) mass is 1010 g/mol. The highest BCUT2D eigenvalue weighted by atomic mass is 32.2. The molecule has 0 amide bonds. The molecule has 0 aromatic heterocycles. The summed E-state index contributed by atoms with van der Waals surface area (Å²) < 4.78 is 121. The molecule has 0 bridgehead atoms. The van der Waals surface area contributed by atoms with Gasteiger partial charge in [0.1, 0.15) is 0 Å². The number of nitrogens with zero attached hydrogens (tertiary/aromatic N) is 1. The van der Waals surface area contributed by atoms with Crippen molar-refractivity contribution in [3.8, 4) is 0 Å². The lowest BCUT2D eigenvalue weighted by Crippen LogP contribution is -2.64. The van der Waals surface area contributed by atoms with Crippen LogP contribution in [0.4, 0.5) is 0 Å². The summed E-state index contributed by atoms with van der Waals surface area (Å²) in [6.07, 6.45) is 13.4. The van der Waals surface area contributed by atoms with Gasteiger partial charge >= 0.3 is 8.80 Å². The first-order valence-corrected chi connectivity index (χ1v) is 29.1. The lowest BCUT2D eigenvalue weighted by Gasteiger charge is -2.41. The molecule has 0 aliphatic rings. The average molecular weight is 1010 g/mol. The topological polar surface area (TPSA) is 354 Å². The fraction of sp³-hybridized carbons (Fsp3) is 1.00. The van der Waals surface area contributed by atoms with Gasteiger partial charge in [0, 0.05) is 32.1 Å². The zero-order valence-corrected chi connectivity index (χ0v) is 41.9. The van der Waals surface area contributed by atoms with Crippen molar-refractivity contribution < 1.29 is 87.3 Å². The van der Waals surface area contributed by atoms with Crippen molar-refractivity contribution in [1.82, 2.24) is 16.0 Å². The van der Waals surface area contributed by atoms with Gasteiger partial charge in [0.25, 0.3) is 10.1 Å². The zero-order valence-electron chi connectivity index (χ0n) is 38.4. The van der Waals surface area contributed by atoms with Gasteiger partial charge in [-0.15, -0.1) is 0 Å². The van der Waals surface area contributed by atoms with Gasteiger partial charge in [-0.3, -0.25) is 4.55 Å². The number of rotatable bonds is 45. The maximum absolute atomic E-state index is 11.5. The number of unbranched alkanes of at least 4 members (excludes halogenated alkanes) is 10. The Labute approximate surface area is 384 Å². The Morgan fingerprint density at radius 3 is 1.09 bits per heavy atom. The molecule has 0 fully saturated rings. The van der Waals surface area contributed by atoms with Crippen LogP contribution in [0.25, 0.3) is 0 Å². The van der Waals surface area contributed by atoms with Crippen LogP contribution < -0.4 is 16.0 Å². The molecular formula is C38H83N4O18S3Si-. The smallest absolute Gasteiger partial charge is 0.501 e. The van der Waals surface area contributed by atoms with E-state index in [0.29, 0.717) is 17.4 Å². The van der Waals surface area contributed by atoms with Gasteiger partial charge in [0.15, 0.2) is 0 Å². The molecule has 0 rings (SSSR count). The highest BCUT2D eigenvalue weighted by Crippen LogP contribution is 2.26. The van der Waals surface area contributed by atoms with Crippen LogP contribution in [0.1, 0.15) is 97.3 Å². The van der Waals surface area contributed by atoms with E-state index >= 15 is 0 Å². The average Bonchev–Trinajstić information content (AvgIpc) is 3.23. The first-order chi connectivity index (χ1) is 29.9. The fourth-order valence-corrected chi connectivity index (χ4v) is 10.7. The number of hydrogen-bond donors (Lipinski definition) is 10. The van der Waals surface area contributed by atoms with Crippen molar-refractivity contribution in [2.75, 3.05) is 123 Å². The molecule has 0 aliphatic carbocycles. The van der Waals surface area contributed by atoms with E-state index in [4.69, 9.17) is 13.3 Å². The molecule has 10 N–H and O–H groups in total. The van der Waals surface area contributed by atoms with Gasteiger partial charge < -0.3 is 73.5 Å². The molecule has 64 heavy (non-hydrogen) atoms. The van der Waals surface area contributed by atoms with Gasteiger partial charge in [-0.05, 0) is 25.7 Å². The second-order valence-electron chi connectivity index (χ2n) is 17.4. The van der Waals surface area contributed by atoms with E-state index in [-0.39, 0.29) is 6.04 Å². The van der Waals surface area contributed by atoms with Crippen LogP contribution in [0, 0.1) is 0 Å². The Morgan fingerprint density at radius 2 is 0.797 bits per heavy atom. The van der Waals surface area contributed by atoms with E-state index in [1.54, 1.807) is 0 Å². The van der Waals surface area contributed by atoms with Crippen LogP contribution in [0.3, 0.4) is 0 Å². The summed E-state index contributed by atoms with van der Waals surface area (Å²) in [6.45, 7) is -2.07. The molecule has 26 heteroatoms. The molecule has 0 aromatic rings. The molecule has 0 spiro atoms. The van der Waals surface area contributed by atoms with Crippen LogP contribution in [0.5, 0.6) is 0 Å². The molecule has 0 saturated heterocycles. The molecule has 0 aromatic carbocycles. The number of aliphatic hydroxyl groups is 6. The van der Waals surface area contributed by atoms with Gasteiger partial charge in [-0.1, -0.05) is 65.2 Å². The van der Waals surface area contributed by atoms with Crippen molar-refractivity contribution in [1.29, 1.82) is 0 Å². The molecule has 0 heterocycles. The lowest BCUT2D eigenvalue weighted by molar-refractivity contribution is -0.910. The van der Waals surface area contributed by atoms with Crippen LogP contribution in [-0.2, 0) is 43.6 Å². The number of nitrogens with one attached hydrogen (secondary N) is 3. The predicted octanol–water partition coefficient (Wildman–Crippen LogP) is -1.55. The van der Waals surface area contributed by atoms with Crippen molar-refractivity contribution in [3.05, 3.63) is 0 Å². The molecular weight excluding hydrogens is 925 g/mol. The maximum Gasteiger partial charge on any atom is 0.501 e. The Kier molecular flexibility index (Phi) is 32.0. The molecule has 0 unspecified atom stereocenters. The Hall–Kier alpha value is -0.573. The van der Waals surface area contributed by atoms with Crippen molar-refractivity contribution >= 4 is 39.2 Å². The molecule has 386 valence electrons. The van der Waals surface area contributed by atoms with E-state index in [1.165, 1.54) is 0 Å². The van der Waals surface area contributed by atoms with Crippen LogP contribution in [0.2, 0.25) is 6.04 Å². The van der Waals surface area contributed by atoms with Gasteiger partial charge in [0.2, 0.25) is 0 Å². The SMILES string of the molecule is CCCCCCCC[N+](C)(CCCCCCCC)CCC[Si](OCC(CO)(CO)NCCS(=O)(=O)[O-])(OCC(CO)(CO)NCCS(=O)(=O)[O-])OCC(CO)(CO)NCCS(=O)(=O)O. The van der Waals surface area contributed by atoms with E-state index < -0.39 is 152 Å². The van der Waals surface area contributed by atoms with Crippen molar-refractivity contribution in [3.63, 3.8) is 0 Å². The van der Waals surface area contributed by atoms with Gasteiger partial charge in [-0.2, -0.15) is 8.42 Å². The van der Waals surface area contributed by atoms with Crippen LogP contribution in [0.15, 0.2) is 0 Å². The summed E-state index contributed by atoms with van der Waals surface area (Å²) in [7, 11) is -16.3. The largest absolute Gasteiger partial charge is 0.748 e. The number of quaternary nitrogens is 1. The summed E-state index contributed by atoms with van der Waals surface area (Å²) in [5, 5.41) is 70.9. The maximum atomic E-state index is 11.5. The predicted molar refractivity (Wildman–Crippen MR) is 241 cm³/mol. The third kappa shape index (κ3) is 28.7.